The van der Waals surface area contributed by atoms with Gasteiger partial charge in [-0.3, -0.25) is 0 Å². The van der Waals surface area contributed by atoms with Gasteiger partial charge in [-0.2, -0.15) is 23.8 Å². The molecule has 0 N–H and O–H groups in total. The fraction of sp³-hybridized carbons (Fsp3) is 0.167. The third kappa shape index (κ3) is 2.81. The second-order valence-electron chi connectivity index (χ2n) is 6.78. The molecule has 0 aliphatic carbocycles. The molecule has 0 saturated heterocycles. The summed E-state index contributed by atoms with van der Waals surface area (Å²) in [7, 11) is 0. The fourth-order valence-corrected chi connectivity index (χ4v) is 3.99. The van der Waals surface area contributed by atoms with E-state index < -0.39 is 0 Å². The summed E-state index contributed by atoms with van der Waals surface area (Å²) in [6.07, 6.45) is 0. The van der Waals surface area contributed by atoms with E-state index in [0.29, 0.717) is 0 Å². The summed E-state index contributed by atoms with van der Waals surface area (Å²) in [5.74, 6) is 0. The van der Waals surface area contributed by atoms with Crippen molar-refractivity contribution in [2.45, 2.75) is 27.7 Å². The van der Waals surface area contributed by atoms with Crippen molar-refractivity contribution in [2.24, 2.45) is 0 Å². The predicted molar refractivity (Wildman–Crippen MR) is 105 cm³/mol. The molecule has 0 bridgehead atoms. The van der Waals surface area contributed by atoms with Crippen molar-refractivity contribution in [3.05, 3.63) is 82.9 Å². The molecule has 4 rings (SSSR count). The van der Waals surface area contributed by atoms with Crippen molar-refractivity contribution in [2.75, 3.05) is 0 Å². The molecule has 0 saturated carbocycles. The zero-order valence-corrected chi connectivity index (χ0v) is 15.7. The monoisotopic (exact) mass is 316 g/mol. The van der Waals surface area contributed by atoms with Crippen LogP contribution in [0.4, 0.5) is 0 Å². The van der Waals surface area contributed by atoms with E-state index >= 15 is 0 Å². The third-order valence-electron chi connectivity index (χ3n) is 5.12. The molecule has 0 unspecified atom stereocenters. The van der Waals surface area contributed by atoms with Gasteiger partial charge in [-0.1, -0.05) is 60.5 Å². The molecule has 0 amide bonds. The van der Waals surface area contributed by atoms with Gasteiger partial charge in [-0.15, -0.1) is 10.8 Å². The average Bonchev–Trinajstić information content (AvgIpc) is 2.56. The van der Waals surface area contributed by atoms with Crippen molar-refractivity contribution in [1.29, 1.82) is 0 Å². The van der Waals surface area contributed by atoms with Crippen LogP contribution in [0.3, 0.4) is 0 Å². The number of aryl methyl sites for hydroxylation is 4. The van der Waals surface area contributed by atoms with Gasteiger partial charge in [-0.05, 0) is 48.2 Å². The molecule has 0 heterocycles. The van der Waals surface area contributed by atoms with Crippen LogP contribution in [0.2, 0.25) is 0 Å². The topological polar surface area (TPSA) is 0 Å². The van der Waals surface area contributed by atoms with E-state index in [9.17, 15) is 0 Å². The van der Waals surface area contributed by atoms with Crippen molar-refractivity contribution < 1.29 is 18.9 Å². The number of rotatable bonds is 1. The second kappa shape index (κ2) is 6.72. The van der Waals surface area contributed by atoms with Crippen LogP contribution < -0.4 is 18.9 Å². The van der Waals surface area contributed by atoms with Crippen LogP contribution in [-0.4, -0.2) is 0 Å². The Bertz CT molecular complexity index is 984. The summed E-state index contributed by atoms with van der Waals surface area (Å²) >= 11 is 0. The molecule has 0 aromatic heterocycles. The molecule has 118 valence electrons. The number of hydrogen-bond donors (Lipinski definition) is 0. The van der Waals surface area contributed by atoms with Gasteiger partial charge >= 0.3 is 18.9 Å². The van der Waals surface area contributed by atoms with E-state index in [0.717, 1.165) is 0 Å². The molecule has 0 atom stereocenters. The van der Waals surface area contributed by atoms with Gasteiger partial charge in [0.1, 0.15) is 0 Å². The van der Waals surface area contributed by atoms with Crippen LogP contribution in [0.5, 0.6) is 0 Å². The number of fused-ring (bicyclic) bond motifs is 2. The molecule has 4 aromatic carbocycles. The molecular weight excluding hydrogens is 295 g/mol. The predicted octanol–water partition coefficient (Wildman–Crippen LogP) is 3.70. The zero-order chi connectivity index (χ0) is 16.8. The zero-order valence-electron chi connectivity index (χ0n) is 15.7. The van der Waals surface area contributed by atoms with Crippen molar-refractivity contribution in [3.8, 4) is 11.1 Å². The molecule has 25 heavy (non-hydrogen) atoms. The Kier molecular flexibility index (Phi) is 4.79. The second-order valence-corrected chi connectivity index (χ2v) is 6.78. The van der Waals surface area contributed by atoms with Crippen molar-refractivity contribution in [3.63, 3.8) is 0 Å². The minimum absolute atomic E-state index is 0. The maximum absolute atomic E-state index is 3.31. The summed E-state index contributed by atoms with van der Waals surface area (Å²) < 4.78 is 0. The minimum Gasteiger partial charge on any atom is -0.183 e. The summed E-state index contributed by atoms with van der Waals surface area (Å²) in [4.78, 5) is 0. The van der Waals surface area contributed by atoms with Crippen LogP contribution in [0.25, 0.3) is 32.7 Å². The van der Waals surface area contributed by atoms with E-state index in [-0.39, 0.29) is 18.9 Å². The van der Waals surface area contributed by atoms with Crippen molar-refractivity contribution >= 4 is 21.5 Å². The molecule has 0 aliphatic heterocycles. The first-order valence-corrected chi connectivity index (χ1v) is 8.47. The van der Waals surface area contributed by atoms with Gasteiger partial charge in [0.15, 0.2) is 0 Å². The van der Waals surface area contributed by atoms with Crippen LogP contribution in [0.15, 0.2) is 54.6 Å². The Morgan fingerprint density at radius 2 is 1.12 bits per heavy atom. The molecule has 0 aliphatic rings. The van der Waals surface area contributed by atoms with Gasteiger partial charge in [-0.25, -0.2) is 0 Å². The van der Waals surface area contributed by atoms with Gasteiger partial charge < -0.3 is 0 Å². The van der Waals surface area contributed by atoms with Gasteiger partial charge in [0.05, 0.1) is 0 Å². The largest absolute Gasteiger partial charge is 1.00 e. The molecule has 1 heteroatoms. The molecule has 0 spiro atoms. The van der Waals surface area contributed by atoms with Crippen LogP contribution in [-0.2, 0) is 0 Å². The standard InChI is InChI=1S/C24H21.Li/c1-15-7-5-9-21-19(13-11-17(3)23(15)21)20-14-12-18(4)24-16(2)8-6-10-22(20)24;/h5,7-14H,1-4H3;/q-1;+1. The first-order valence-electron chi connectivity index (χ1n) is 8.47. The molecule has 0 radical (unpaired) electrons. The molecule has 4 aromatic rings. The van der Waals surface area contributed by atoms with E-state index in [1.54, 1.807) is 0 Å². The summed E-state index contributed by atoms with van der Waals surface area (Å²) in [5.41, 5.74) is 7.90. The van der Waals surface area contributed by atoms with Gasteiger partial charge in [0.25, 0.3) is 0 Å². The normalized spacial score (nSPS) is 10.9. The van der Waals surface area contributed by atoms with E-state index in [4.69, 9.17) is 0 Å². The van der Waals surface area contributed by atoms with Crippen LogP contribution >= 0.6 is 0 Å². The number of benzene rings is 4. The average molecular weight is 316 g/mol. The smallest absolute Gasteiger partial charge is 0.183 e. The molecular formula is C24H21Li. The van der Waals surface area contributed by atoms with Gasteiger partial charge in [0.2, 0.25) is 0 Å². The Labute approximate surface area is 162 Å². The Balaban J connectivity index is 0.00000182. The Morgan fingerprint density at radius 3 is 1.80 bits per heavy atom. The third-order valence-corrected chi connectivity index (χ3v) is 5.12. The first-order chi connectivity index (χ1) is 11.6. The van der Waals surface area contributed by atoms with E-state index in [1.165, 1.54) is 54.9 Å². The maximum Gasteiger partial charge on any atom is 1.00 e. The summed E-state index contributed by atoms with van der Waals surface area (Å²) in [6, 6.07) is 23.1. The van der Waals surface area contributed by atoms with Crippen molar-refractivity contribution in [1.82, 2.24) is 0 Å². The van der Waals surface area contributed by atoms with Gasteiger partial charge in [0, 0.05) is 0 Å². The minimum atomic E-state index is 0. The number of hydrogen-bond acceptors (Lipinski definition) is 0. The summed E-state index contributed by atoms with van der Waals surface area (Å²) in [5, 5.41) is 5.36. The quantitative estimate of drug-likeness (QED) is 0.371. The van der Waals surface area contributed by atoms with E-state index in [1.807, 2.05) is 0 Å². The molecule has 0 nitrogen and oxygen atoms in total. The maximum atomic E-state index is 3.31. The fourth-order valence-electron chi connectivity index (χ4n) is 3.99. The SMILES string of the molecule is Cc1c[c-]cc2c(-c3ccc(C)c4c(C)cccc34)ccc(C)c12.[Li+]. The first kappa shape index (κ1) is 17.8. The Hall–Kier alpha value is -2.00. The van der Waals surface area contributed by atoms with E-state index in [2.05, 4.69) is 88.4 Å². The summed E-state index contributed by atoms with van der Waals surface area (Å²) in [6.45, 7) is 8.76. The Morgan fingerprint density at radius 1 is 0.560 bits per heavy atom. The van der Waals surface area contributed by atoms with Crippen LogP contribution in [0, 0.1) is 33.8 Å². The van der Waals surface area contributed by atoms with Crippen LogP contribution in [0.1, 0.15) is 22.3 Å². The molecule has 0 fully saturated rings.